The lowest BCUT2D eigenvalue weighted by molar-refractivity contribution is -0.385. The maximum atomic E-state index is 12.2. The molecule has 134 valence electrons. The molecule has 0 saturated carbocycles. The normalized spacial score (nSPS) is 18.6. The van der Waals surface area contributed by atoms with Crippen LogP contribution >= 0.6 is 0 Å². The zero-order valence-corrected chi connectivity index (χ0v) is 14.1. The van der Waals surface area contributed by atoms with Crippen molar-refractivity contribution in [1.82, 2.24) is 0 Å². The Balaban J connectivity index is 2.01. The van der Waals surface area contributed by atoms with Crippen LogP contribution in [0.2, 0.25) is 0 Å². The maximum Gasteiger partial charge on any atom is 0.335 e. The van der Waals surface area contributed by atoms with Gasteiger partial charge < -0.3 is 14.2 Å². The number of aliphatic imine (C=N–C) groups is 1. The van der Waals surface area contributed by atoms with Gasteiger partial charge in [0.1, 0.15) is 5.75 Å². The number of esters is 1. The number of benzene rings is 2. The Morgan fingerprint density at radius 2 is 1.96 bits per heavy atom. The summed E-state index contributed by atoms with van der Waals surface area (Å²) in [4.78, 5) is 27.0. The first-order valence-electron chi connectivity index (χ1n) is 7.75. The number of hydrogen-bond donors (Lipinski definition) is 0. The number of nitrogens with zero attached hydrogens (tertiary/aromatic N) is 2. The topological polar surface area (TPSA) is 100 Å². The van der Waals surface area contributed by atoms with Gasteiger partial charge in [0.25, 0.3) is 5.69 Å². The fourth-order valence-electron chi connectivity index (χ4n) is 2.73. The Morgan fingerprint density at radius 1 is 1.19 bits per heavy atom. The highest BCUT2D eigenvalue weighted by Crippen LogP contribution is 2.35. The summed E-state index contributed by atoms with van der Waals surface area (Å²) in [6, 6.07) is 12.0. The fraction of sp³-hybridized carbons (Fsp3) is 0.222. The van der Waals surface area contributed by atoms with Crippen molar-refractivity contribution >= 4 is 17.6 Å². The van der Waals surface area contributed by atoms with Gasteiger partial charge in [0, 0.05) is 17.7 Å². The number of carbonyl (C=O) groups is 1. The highest BCUT2D eigenvalue weighted by atomic mass is 16.6. The van der Waals surface area contributed by atoms with Gasteiger partial charge in [0.05, 0.1) is 24.7 Å². The third kappa shape index (κ3) is 3.21. The number of para-hydroxylation sites is 1. The van der Waals surface area contributed by atoms with E-state index >= 15 is 0 Å². The molecule has 0 amide bonds. The van der Waals surface area contributed by atoms with E-state index in [9.17, 15) is 14.9 Å². The van der Waals surface area contributed by atoms with E-state index in [1.54, 1.807) is 30.3 Å². The highest BCUT2D eigenvalue weighted by molar-refractivity contribution is 6.00. The van der Waals surface area contributed by atoms with Crippen molar-refractivity contribution in [3.8, 4) is 5.75 Å². The van der Waals surface area contributed by atoms with Gasteiger partial charge in [-0.05, 0) is 12.1 Å². The van der Waals surface area contributed by atoms with Crippen LogP contribution in [0.1, 0.15) is 17.2 Å². The molecular formula is C18H16N2O6. The lowest BCUT2D eigenvalue weighted by Gasteiger charge is -2.16. The second-order valence-corrected chi connectivity index (χ2v) is 5.49. The summed E-state index contributed by atoms with van der Waals surface area (Å²) in [7, 11) is 2.77. The van der Waals surface area contributed by atoms with E-state index in [-0.39, 0.29) is 11.6 Å². The summed E-state index contributed by atoms with van der Waals surface area (Å²) in [6.45, 7) is 0. The van der Waals surface area contributed by atoms with Gasteiger partial charge in [-0.2, -0.15) is 0 Å². The smallest absolute Gasteiger partial charge is 0.335 e. The standard InChI is InChI=1S/C18H16N2O6/c1-24-14-9-4-3-8-13(14)17-19-15(18(21)25-2)16(26-17)11-6-5-7-12(10-11)20(22)23/h3-10,15-16H,1-2H3/t15-,16-/m0/s1. The average Bonchev–Trinajstić information content (AvgIpc) is 3.12. The van der Waals surface area contributed by atoms with Gasteiger partial charge in [-0.1, -0.05) is 24.3 Å². The van der Waals surface area contributed by atoms with Crippen LogP contribution in [0.4, 0.5) is 5.69 Å². The molecule has 8 heteroatoms. The lowest BCUT2D eigenvalue weighted by atomic mass is 10.0. The van der Waals surface area contributed by atoms with E-state index in [0.29, 0.717) is 16.9 Å². The van der Waals surface area contributed by atoms with E-state index in [0.717, 1.165) is 0 Å². The number of ether oxygens (including phenoxy) is 3. The summed E-state index contributed by atoms with van der Waals surface area (Å²) < 4.78 is 16.0. The Hall–Kier alpha value is -3.42. The molecule has 2 aromatic carbocycles. The van der Waals surface area contributed by atoms with E-state index in [2.05, 4.69) is 4.99 Å². The predicted octanol–water partition coefficient (Wildman–Crippen LogP) is 2.66. The van der Waals surface area contributed by atoms with Crippen LogP contribution in [0.5, 0.6) is 5.75 Å². The fourth-order valence-corrected chi connectivity index (χ4v) is 2.73. The molecule has 0 spiro atoms. The first kappa shape index (κ1) is 17.4. The van der Waals surface area contributed by atoms with Gasteiger partial charge >= 0.3 is 5.97 Å². The van der Waals surface area contributed by atoms with E-state index < -0.39 is 23.0 Å². The second-order valence-electron chi connectivity index (χ2n) is 5.49. The molecule has 0 aromatic heterocycles. The van der Waals surface area contributed by atoms with Crippen molar-refractivity contribution in [2.24, 2.45) is 4.99 Å². The molecule has 1 heterocycles. The van der Waals surface area contributed by atoms with Crippen LogP contribution in [0.15, 0.2) is 53.5 Å². The molecule has 0 saturated heterocycles. The van der Waals surface area contributed by atoms with Crippen LogP contribution < -0.4 is 4.74 Å². The van der Waals surface area contributed by atoms with Gasteiger partial charge in [-0.25, -0.2) is 9.79 Å². The van der Waals surface area contributed by atoms with Crippen molar-refractivity contribution in [2.75, 3.05) is 14.2 Å². The zero-order chi connectivity index (χ0) is 18.7. The first-order chi connectivity index (χ1) is 12.5. The molecule has 2 aromatic rings. The van der Waals surface area contributed by atoms with Gasteiger partial charge in [-0.3, -0.25) is 10.1 Å². The summed E-state index contributed by atoms with van der Waals surface area (Å²) in [6.07, 6.45) is -0.831. The molecular weight excluding hydrogens is 340 g/mol. The van der Waals surface area contributed by atoms with Crippen LogP contribution in [0.25, 0.3) is 0 Å². The number of rotatable bonds is 5. The number of nitro groups is 1. The van der Waals surface area contributed by atoms with Gasteiger partial charge in [0.2, 0.25) is 5.90 Å². The number of nitro benzene ring substituents is 1. The van der Waals surface area contributed by atoms with E-state index in [1.165, 1.54) is 32.4 Å². The molecule has 26 heavy (non-hydrogen) atoms. The number of carbonyl (C=O) groups excluding carboxylic acids is 1. The van der Waals surface area contributed by atoms with Crippen LogP contribution in [0.3, 0.4) is 0 Å². The van der Waals surface area contributed by atoms with Gasteiger partial charge in [0.15, 0.2) is 12.1 Å². The van der Waals surface area contributed by atoms with Crippen LogP contribution in [-0.4, -0.2) is 37.1 Å². The monoisotopic (exact) mass is 356 g/mol. The molecule has 0 radical (unpaired) electrons. The van der Waals surface area contributed by atoms with Crippen molar-refractivity contribution in [3.63, 3.8) is 0 Å². The summed E-state index contributed by atoms with van der Waals surface area (Å²) >= 11 is 0. The molecule has 8 nitrogen and oxygen atoms in total. The minimum atomic E-state index is -0.970. The zero-order valence-electron chi connectivity index (χ0n) is 14.1. The minimum Gasteiger partial charge on any atom is -0.496 e. The Kier molecular flexibility index (Phi) is 4.83. The SMILES string of the molecule is COC(=O)[C@H]1N=C(c2ccccc2OC)O[C@H]1c1cccc([N+](=O)[O-])c1. The van der Waals surface area contributed by atoms with E-state index in [1.807, 2.05) is 0 Å². The number of methoxy groups -OCH3 is 2. The Labute approximate surface area is 149 Å². The second kappa shape index (κ2) is 7.22. The molecule has 0 aliphatic carbocycles. The molecule has 3 rings (SSSR count). The third-order valence-electron chi connectivity index (χ3n) is 3.97. The molecule has 0 fully saturated rings. The largest absolute Gasteiger partial charge is 0.496 e. The summed E-state index contributed by atoms with van der Waals surface area (Å²) in [5, 5.41) is 11.0. The Bertz CT molecular complexity index is 879. The van der Waals surface area contributed by atoms with Crippen molar-refractivity contribution < 1.29 is 23.9 Å². The lowest BCUT2D eigenvalue weighted by Crippen LogP contribution is -2.25. The molecule has 0 N–H and O–H groups in total. The Morgan fingerprint density at radius 3 is 2.65 bits per heavy atom. The van der Waals surface area contributed by atoms with E-state index in [4.69, 9.17) is 14.2 Å². The molecule has 1 aliphatic heterocycles. The molecule has 2 atom stereocenters. The van der Waals surface area contributed by atoms with Crippen LogP contribution in [-0.2, 0) is 14.3 Å². The minimum absolute atomic E-state index is 0.0968. The highest BCUT2D eigenvalue weighted by Gasteiger charge is 2.40. The summed E-state index contributed by atoms with van der Waals surface area (Å²) in [5.41, 5.74) is 0.945. The third-order valence-corrected chi connectivity index (χ3v) is 3.97. The molecule has 1 aliphatic rings. The van der Waals surface area contributed by atoms with Crippen molar-refractivity contribution in [3.05, 3.63) is 69.8 Å². The van der Waals surface area contributed by atoms with Gasteiger partial charge in [-0.15, -0.1) is 0 Å². The van der Waals surface area contributed by atoms with Crippen LogP contribution in [0, 0.1) is 10.1 Å². The number of hydrogen-bond acceptors (Lipinski definition) is 7. The average molecular weight is 356 g/mol. The predicted molar refractivity (Wildman–Crippen MR) is 92.3 cm³/mol. The molecule has 0 bridgehead atoms. The maximum absolute atomic E-state index is 12.2. The summed E-state index contributed by atoms with van der Waals surface area (Å²) in [5.74, 6) is 0.162. The molecule has 0 unspecified atom stereocenters. The number of non-ortho nitro benzene ring substituents is 1. The quantitative estimate of drug-likeness (QED) is 0.464. The first-order valence-corrected chi connectivity index (χ1v) is 7.75. The van der Waals surface area contributed by atoms with Crippen molar-refractivity contribution in [1.29, 1.82) is 0 Å². The van der Waals surface area contributed by atoms with Crippen molar-refractivity contribution in [2.45, 2.75) is 12.1 Å².